The molecule has 19 heavy (non-hydrogen) atoms. The van der Waals surface area contributed by atoms with Gasteiger partial charge in [0, 0.05) is 17.2 Å². The summed E-state index contributed by atoms with van der Waals surface area (Å²) in [4.78, 5) is 11.4. The number of nitrogens with zero attached hydrogens (tertiary/aromatic N) is 1. The van der Waals surface area contributed by atoms with Crippen molar-refractivity contribution < 1.29 is 18.0 Å². The Bertz CT molecular complexity index is 434. The second-order valence-electron chi connectivity index (χ2n) is 5.18. The van der Waals surface area contributed by atoms with Gasteiger partial charge in [-0.2, -0.15) is 18.3 Å². The first-order valence-corrected chi connectivity index (χ1v) is 5.71. The van der Waals surface area contributed by atoms with Crippen molar-refractivity contribution in [3.8, 4) is 0 Å². The van der Waals surface area contributed by atoms with Gasteiger partial charge in [-0.3, -0.25) is 9.89 Å². The Labute approximate surface area is 109 Å². The molecule has 1 rings (SSSR count). The fourth-order valence-electron chi connectivity index (χ4n) is 1.27. The van der Waals surface area contributed by atoms with E-state index in [2.05, 4.69) is 15.5 Å². The molecular formula is C11H17F3N4O. The molecule has 0 aliphatic heterocycles. The second kappa shape index (κ2) is 5.60. The summed E-state index contributed by atoms with van der Waals surface area (Å²) in [6.07, 6.45) is -4.33. The van der Waals surface area contributed by atoms with Crippen LogP contribution >= 0.6 is 0 Å². The molecule has 1 heterocycles. The van der Waals surface area contributed by atoms with Crippen molar-refractivity contribution in [1.29, 1.82) is 0 Å². The highest BCUT2D eigenvalue weighted by atomic mass is 19.4. The van der Waals surface area contributed by atoms with Crippen molar-refractivity contribution in [2.75, 3.05) is 18.4 Å². The number of amides is 1. The maximum Gasteiger partial charge on any atom is 0.401 e. The lowest BCUT2D eigenvalue weighted by atomic mass is 9.92. The van der Waals surface area contributed by atoms with Gasteiger partial charge in [-0.25, -0.2) is 0 Å². The van der Waals surface area contributed by atoms with Gasteiger partial charge in [-0.05, 0) is 0 Å². The molecular weight excluding hydrogens is 261 g/mol. The smallest absolute Gasteiger partial charge is 0.308 e. The molecule has 0 aromatic carbocycles. The SMILES string of the molecule is CC(C)(C)c1cc(NC(=O)CNCC(F)(F)F)n[nH]1. The van der Waals surface area contributed by atoms with Crippen LogP contribution in [-0.2, 0) is 10.2 Å². The van der Waals surface area contributed by atoms with E-state index in [-0.39, 0.29) is 5.41 Å². The number of hydrogen-bond acceptors (Lipinski definition) is 3. The third-order valence-corrected chi connectivity index (χ3v) is 2.26. The summed E-state index contributed by atoms with van der Waals surface area (Å²) in [6.45, 7) is 4.29. The standard InChI is InChI=1S/C11H17F3N4O/c1-10(2,3)7-4-8(18-17-7)16-9(19)5-15-6-11(12,13)14/h4,15H,5-6H2,1-3H3,(H2,16,17,18,19). The molecule has 0 unspecified atom stereocenters. The Kier molecular flexibility index (Phi) is 4.56. The van der Waals surface area contributed by atoms with Crippen LogP contribution in [-0.4, -0.2) is 35.4 Å². The molecule has 0 aliphatic rings. The Morgan fingerprint density at radius 3 is 2.47 bits per heavy atom. The summed E-state index contributed by atoms with van der Waals surface area (Å²) in [5.41, 5.74) is 0.677. The van der Waals surface area contributed by atoms with Gasteiger partial charge in [0.25, 0.3) is 0 Å². The van der Waals surface area contributed by atoms with E-state index in [0.717, 1.165) is 5.69 Å². The van der Waals surface area contributed by atoms with Gasteiger partial charge >= 0.3 is 6.18 Å². The monoisotopic (exact) mass is 278 g/mol. The molecule has 0 atom stereocenters. The Morgan fingerprint density at radius 2 is 2.00 bits per heavy atom. The largest absolute Gasteiger partial charge is 0.401 e. The number of H-pyrrole nitrogens is 1. The summed E-state index contributed by atoms with van der Waals surface area (Å²) in [5, 5.41) is 11.1. The highest BCUT2D eigenvalue weighted by Gasteiger charge is 2.26. The number of anilines is 1. The zero-order chi connectivity index (χ0) is 14.7. The lowest BCUT2D eigenvalue weighted by Crippen LogP contribution is -2.35. The molecule has 8 heteroatoms. The summed E-state index contributed by atoms with van der Waals surface area (Å²) < 4.78 is 35.6. The number of carbonyl (C=O) groups excluding carboxylic acids is 1. The fourth-order valence-corrected chi connectivity index (χ4v) is 1.27. The molecule has 0 fully saturated rings. The van der Waals surface area contributed by atoms with Gasteiger partial charge in [0.15, 0.2) is 5.82 Å². The van der Waals surface area contributed by atoms with Gasteiger partial charge in [-0.1, -0.05) is 20.8 Å². The summed E-state index contributed by atoms with van der Waals surface area (Å²) >= 11 is 0. The van der Waals surface area contributed by atoms with E-state index < -0.39 is 25.2 Å². The lowest BCUT2D eigenvalue weighted by Gasteiger charge is -2.14. The Hall–Kier alpha value is -1.57. The predicted molar refractivity (Wildman–Crippen MR) is 64.8 cm³/mol. The van der Waals surface area contributed by atoms with Crippen LogP contribution in [0.4, 0.5) is 19.0 Å². The van der Waals surface area contributed by atoms with Gasteiger partial charge in [0.1, 0.15) is 0 Å². The minimum Gasteiger partial charge on any atom is -0.308 e. The average molecular weight is 278 g/mol. The maximum absolute atomic E-state index is 11.9. The van der Waals surface area contributed by atoms with Crippen molar-refractivity contribution in [2.45, 2.75) is 32.4 Å². The van der Waals surface area contributed by atoms with Gasteiger partial charge in [0.05, 0.1) is 13.1 Å². The van der Waals surface area contributed by atoms with Crippen LogP contribution in [0, 0.1) is 0 Å². The van der Waals surface area contributed by atoms with Crippen LogP contribution in [0.25, 0.3) is 0 Å². The number of rotatable bonds is 4. The fraction of sp³-hybridized carbons (Fsp3) is 0.636. The minimum atomic E-state index is -4.33. The van der Waals surface area contributed by atoms with E-state index in [0.29, 0.717) is 5.82 Å². The quantitative estimate of drug-likeness (QED) is 0.786. The highest BCUT2D eigenvalue weighted by molar-refractivity contribution is 5.91. The third-order valence-electron chi connectivity index (χ3n) is 2.26. The van der Waals surface area contributed by atoms with Gasteiger partial charge in [-0.15, -0.1) is 0 Å². The first-order valence-electron chi connectivity index (χ1n) is 5.71. The number of nitrogens with one attached hydrogen (secondary N) is 3. The first-order chi connectivity index (χ1) is 8.58. The van der Waals surface area contributed by atoms with Crippen molar-refractivity contribution in [3.63, 3.8) is 0 Å². The van der Waals surface area contributed by atoms with Crippen molar-refractivity contribution in [3.05, 3.63) is 11.8 Å². The van der Waals surface area contributed by atoms with E-state index in [1.807, 2.05) is 26.1 Å². The Morgan fingerprint density at radius 1 is 1.37 bits per heavy atom. The molecule has 0 saturated carbocycles. The number of alkyl halides is 3. The second-order valence-corrected chi connectivity index (χ2v) is 5.18. The topological polar surface area (TPSA) is 69.8 Å². The highest BCUT2D eigenvalue weighted by Crippen LogP contribution is 2.21. The maximum atomic E-state index is 11.9. The van der Waals surface area contributed by atoms with E-state index in [4.69, 9.17) is 0 Å². The van der Waals surface area contributed by atoms with Crippen LogP contribution in [0.5, 0.6) is 0 Å². The molecule has 0 saturated heterocycles. The first kappa shape index (κ1) is 15.5. The molecule has 1 aromatic heterocycles. The Balaban J connectivity index is 2.43. The molecule has 0 aliphatic carbocycles. The van der Waals surface area contributed by atoms with Crippen LogP contribution < -0.4 is 10.6 Å². The molecule has 0 radical (unpaired) electrons. The molecule has 1 aromatic rings. The normalized spacial score (nSPS) is 12.5. The molecule has 5 nitrogen and oxygen atoms in total. The van der Waals surface area contributed by atoms with E-state index in [1.165, 1.54) is 0 Å². The van der Waals surface area contributed by atoms with Crippen molar-refractivity contribution >= 4 is 11.7 Å². The summed E-state index contributed by atoms with van der Waals surface area (Å²) in [5.74, 6) is -0.278. The van der Waals surface area contributed by atoms with Crippen LogP contribution in [0.1, 0.15) is 26.5 Å². The third kappa shape index (κ3) is 5.73. The predicted octanol–water partition coefficient (Wildman–Crippen LogP) is 1.80. The summed E-state index contributed by atoms with van der Waals surface area (Å²) in [6, 6.07) is 1.65. The molecule has 0 bridgehead atoms. The van der Waals surface area contributed by atoms with E-state index in [9.17, 15) is 18.0 Å². The van der Waals surface area contributed by atoms with E-state index >= 15 is 0 Å². The molecule has 1 amide bonds. The van der Waals surface area contributed by atoms with Gasteiger partial charge < -0.3 is 10.6 Å². The number of halogens is 3. The minimum absolute atomic E-state index is 0.148. The number of carbonyl (C=O) groups is 1. The molecule has 0 spiro atoms. The summed E-state index contributed by atoms with van der Waals surface area (Å²) in [7, 11) is 0. The number of hydrogen-bond donors (Lipinski definition) is 3. The van der Waals surface area contributed by atoms with Crippen LogP contribution in [0.15, 0.2) is 6.07 Å². The molecule has 108 valence electrons. The van der Waals surface area contributed by atoms with E-state index in [1.54, 1.807) is 6.07 Å². The zero-order valence-electron chi connectivity index (χ0n) is 11.0. The molecule has 3 N–H and O–H groups in total. The zero-order valence-corrected chi connectivity index (χ0v) is 11.0. The van der Waals surface area contributed by atoms with Crippen molar-refractivity contribution in [2.24, 2.45) is 0 Å². The van der Waals surface area contributed by atoms with Crippen molar-refractivity contribution in [1.82, 2.24) is 15.5 Å². The van der Waals surface area contributed by atoms with Crippen LogP contribution in [0.3, 0.4) is 0 Å². The average Bonchev–Trinajstić information content (AvgIpc) is 2.63. The van der Waals surface area contributed by atoms with Gasteiger partial charge in [0.2, 0.25) is 5.91 Å². The lowest BCUT2D eigenvalue weighted by molar-refractivity contribution is -0.126. The van der Waals surface area contributed by atoms with Crippen LogP contribution in [0.2, 0.25) is 0 Å². The number of aromatic amines is 1. The number of aromatic nitrogens is 2.